The number of hydrogen-bond acceptors (Lipinski definition) is 7. The Bertz CT molecular complexity index is 768. The van der Waals surface area contributed by atoms with Gasteiger partial charge in [-0.15, -0.1) is 13.2 Å². The molecule has 3 amide bonds. The molecule has 3 rings (SSSR count). The number of Topliss-reactive ketones (excluding diaryl/α,β-unsaturated/α-hetero) is 1. The van der Waals surface area contributed by atoms with E-state index in [0.717, 1.165) is 0 Å². The Balaban J connectivity index is 1.70. The van der Waals surface area contributed by atoms with Crippen molar-refractivity contribution in [2.24, 2.45) is 11.8 Å². The Morgan fingerprint density at radius 3 is 2.37 bits per heavy atom. The van der Waals surface area contributed by atoms with E-state index in [2.05, 4.69) is 20.7 Å². The van der Waals surface area contributed by atoms with Gasteiger partial charge in [0.2, 0.25) is 17.7 Å². The second-order valence-corrected chi connectivity index (χ2v) is 9.13. The lowest BCUT2D eigenvalue weighted by atomic mass is 9.91. The number of hydrogen-bond donors (Lipinski definition) is 3. The lowest BCUT2D eigenvalue weighted by molar-refractivity contribution is -0.321. The van der Waals surface area contributed by atoms with Crippen molar-refractivity contribution >= 4 is 23.5 Å². The van der Waals surface area contributed by atoms with Gasteiger partial charge in [-0.2, -0.15) is 0 Å². The molecular weight excluding hydrogens is 475 g/mol. The third-order valence-corrected chi connectivity index (χ3v) is 6.53. The molecule has 3 saturated heterocycles. The molecule has 2 unspecified atom stereocenters. The second-order valence-electron chi connectivity index (χ2n) is 9.13. The van der Waals surface area contributed by atoms with E-state index < -0.39 is 54.7 Å². The molecule has 13 heteroatoms. The minimum Gasteiger partial charge on any atom is -0.381 e. The molecule has 0 aromatic heterocycles. The molecule has 0 spiro atoms. The van der Waals surface area contributed by atoms with E-state index in [4.69, 9.17) is 9.47 Å². The van der Waals surface area contributed by atoms with Gasteiger partial charge in [0.25, 0.3) is 0 Å². The van der Waals surface area contributed by atoms with Crippen molar-refractivity contribution in [2.75, 3.05) is 33.0 Å². The first-order valence-corrected chi connectivity index (χ1v) is 11.9. The Morgan fingerprint density at radius 2 is 1.77 bits per heavy atom. The van der Waals surface area contributed by atoms with Crippen LogP contribution in [0.3, 0.4) is 0 Å². The largest absolute Gasteiger partial charge is 0.522 e. The van der Waals surface area contributed by atoms with Gasteiger partial charge in [0.1, 0.15) is 18.8 Å². The predicted molar refractivity (Wildman–Crippen MR) is 114 cm³/mol. The average molecular weight is 508 g/mol. The second kappa shape index (κ2) is 12.6. The van der Waals surface area contributed by atoms with Crippen LogP contribution < -0.4 is 16.0 Å². The fourth-order valence-corrected chi connectivity index (χ4v) is 4.55. The molecule has 0 bridgehead atoms. The minimum absolute atomic E-state index is 0.0765. The SMILES string of the molecule is O=C(N[C@@H](C[C@@H]1CCNC1=O)C(=O)COC(F)(F)F)C(CC1CCOCC1)NC(=O)C1CCCO1. The van der Waals surface area contributed by atoms with E-state index in [1.807, 2.05) is 0 Å². The third kappa shape index (κ3) is 8.73. The normalized spacial score (nSPS) is 25.1. The number of halogens is 3. The molecule has 0 saturated carbocycles. The highest BCUT2D eigenvalue weighted by Gasteiger charge is 2.37. The van der Waals surface area contributed by atoms with E-state index in [1.54, 1.807) is 0 Å². The van der Waals surface area contributed by atoms with Crippen LogP contribution in [0.4, 0.5) is 13.2 Å². The van der Waals surface area contributed by atoms with Gasteiger partial charge in [0.05, 0.1) is 6.04 Å². The molecule has 4 atom stereocenters. The van der Waals surface area contributed by atoms with Crippen molar-refractivity contribution in [3.05, 3.63) is 0 Å². The van der Waals surface area contributed by atoms with Crippen molar-refractivity contribution in [3.8, 4) is 0 Å². The lowest BCUT2D eigenvalue weighted by Gasteiger charge is -2.29. The van der Waals surface area contributed by atoms with Crippen LogP contribution in [0.1, 0.15) is 44.9 Å². The van der Waals surface area contributed by atoms with E-state index in [1.165, 1.54) is 0 Å². The quantitative estimate of drug-likeness (QED) is 0.373. The maximum absolute atomic E-state index is 13.2. The first-order valence-electron chi connectivity index (χ1n) is 11.9. The van der Waals surface area contributed by atoms with Gasteiger partial charge in [0, 0.05) is 32.3 Å². The molecule has 0 aromatic rings. The lowest BCUT2D eigenvalue weighted by Crippen LogP contribution is -2.55. The summed E-state index contributed by atoms with van der Waals surface area (Å²) in [6.07, 6.45) is -2.60. The highest BCUT2D eigenvalue weighted by Crippen LogP contribution is 2.23. The van der Waals surface area contributed by atoms with Crippen molar-refractivity contribution in [3.63, 3.8) is 0 Å². The van der Waals surface area contributed by atoms with Crippen molar-refractivity contribution in [2.45, 2.75) is 69.5 Å². The van der Waals surface area contributed by atoms with Crippen LogP contribution in [0.5, 0.6) is 0 Å². The van der Waals surface area contributed by atoms with Crippen LogP contribution >= 0.6 is 0 Å². The zero-order valence-electron chi connectivity index (χ0n) is 19.4. The summed E-state index contributed by atoms with van der Waals surface area (Å²) in [5.74, 6) is -3.05. The smallest absolute Gasteiger partial charge is 0.381 e. The standard InChI is InChI=1S/C22H32F3N3O7/c23-22(24,25)35-12-17(29)15(11-14-3-6-26-19(14)30)27-20(31)16(10-13-4-8-33-9-5-13)28-21(32)18-2-1-7-34-18/h13-16,18H,1-12H2,(H,26,30)(H,27,31)(H,28,32)/t14-,15-,16?,18?/m0/s1. The topological polar surface area (TPSA) is 132 Å². The number of ether oxygens (including phenoxy) is 3. The monoisotopic (exact) mass is 507 g/mol. The molecule has 3 N–H and O–H groups in total. The highest BCUT2D eigenvalue weighted by atomic mass is 19.4. The number of rotatable bonds is 11. The fraction of sp³-hybridized carbons (Fsp3) is 0.818. The van der Waals surface area contributed by atoms with Gasteiger partial charge in [-0.1, -0.05) is 0 Å². The molecule has 10 nitrogen and oxygen atoms in total. The van der Waals surface area contributed by atoms with Gasteiger partial charge in [-0.25, -0.2) is 0 Å². The molecule has 3 aliphatic rings. The molecule has 0 aromatic carbocycles. The van der Waals surface area contributed by atoms with Crippen molar-refractivity contribution < 1.29 is 46.6 Å². The fourth-order valence-electron chi connectivity index (χ4n) is 4.55. The number of alkyl halides is 3. The van der Waals surface area contributed by atoms with Gasteiger partial charge in [-0.05, 0) is 50.9 Å². The number of ketones is 1. The van der Waals surface area contributed by atoms with Crippen LogP contribution in [0.25, 0.3) is 0 Å². The molecule has 3 aliphatic heterocycles. The summed E-state index contributed by atoms with van der Waals surface area (Å²) in [5.41, 5.74) is 0. The molecule has 0 aliphatic carbocycles. The van der Waals surface area contributed by atoms with Crippen LogP contribution in [-0.2, 0) is 33.4 Å². The summed E-state index contributed by atoms with van der Waals surface area (Å²) >= 11 is 0. The Hall–Kier alpha value is -2.25. The Kier molecular flexibility index (Phi) is 9.87. The zero-order valence-corrected chi connectivity index (χ0v) is 19.4. The first-order chi connectivity index (χ1) is 16.6. The summed E-state index contributed by atoms with van der Waals surface area (Å²) in [7, 11) is 0. The molecule has 198 valence electrons. The summed E-state index contributed by atoms with van der Waals surface area (Å²) < 4.78 is 51.9. The zero-order chi connectivity index (χ0) is 25.4. The number of amides is 3. The van der Waals surface area contributed by atoms with Gasteiger partial charge in [0.15, 0.2) is 5.78 Å². The summed E-state index contributed by atoms with van der Waals surface area (Å²) in [5, 5.41) is 7.77. The van der Waals surface area contributed by atoms with E-state index in [0.29, 0.717) is 58.5 Å². The maximum atomic E-state index is 13.2. The van der Waals surface area contributed by atoms with Crippen LogP contribution in [0.2, 0.25) is 0 Å². The van der Waals surface area contributed by atoms with Crippen LogP contribution in [0.15, 0.2) is 0 Å². The van der Waals surface area contributed by atoms with Gasteiger partial charge in [-0.3, -0.25) is 23.9 Å². The summed E-state index contributed by atoms with van der Waals surface area (Å²) in [4.78, 5) is 50.4. The Morgan fingerprint density at radius 1 is 1.03 bits per heavy atom. The Labute approximate surface area is 201 Å². The molecule has 0 radical (unpaired) electrons. The van der Waals surface area contributed by atoms with E-state index in [9.17, 15) is 32.3 Å². The van der Waals surface area contributed by atoms with E-state index in [-0.39, 0.29) is 24.7 Å². The van der Waals surface area contributed by atoms with E-state index >= 15 is 0 Å². The third-order valence-electron chi connectivity index (χ3n) is 6.53. The van der Waals surface area contributed by atoms with Crippen molar-refractivity contribution in [1.29, 1.82) is 0 Å². The number of carbonyl (C=O) groups is 4. The van der Waals surface area contributed by atoms with Crippen molar-refractivity contribution in [1.82, 2.24) is 16.0 Å². The molecule has 35 heavy (non-hydrogen) atoms. The highest BCUT2D eigenvalue weighted by molar-refractivity contribution is 5.94. The molecule has 3 heterocycles. The molecule has 3 fully saturated rings. The average Bonchev–Trinajstić information content (AvgIpc) is 3.49. The first kappa shape index (κ1) is 27.3. The van der Waals surface area contributed by atoms with Gasteiger partial charge < -0.3 is 25.4 Å². The minimum atomic E-state index is -5.02. The number of nitrogens with one attached hydrogen (secondary N) is 3. The maximum Gasteiger partial charge on any atom is 0.522 e. The van der Waals surface area contributed by atoms with Crippen LogP contribution in [0, 0.1) is 11.8 Å². The number of carbonyl (C=O) groups excluding carboxylic acids is 4. The summed E-state index contributed by atoms with van der Waals surface area (Å²) in [6.45, 7) is 0.557. The molecular formula is C22H32F3N3O7. The predicted octanol–water partition coefficient (Wildman–Crippen LogP) is 0.583. The van der Waals surface area contributed by atoms with Crippen LogP contribution in [-0.4, -0.2) is 81.0 Å². The summed E-state index contributed by atoms with van der Waals surface area (Å²) in [6, 6.07) is -2.40. The van der Waals surface area contributed by atoms with Gasteiger partial charge >= 0.3 is 6.36 Å².